The van der Waals surface area contributed by atoms with E-state index in [0.29, 0.717) is 28.3 Å². The summed E-state index contributed by atoms with van der Waals surface area (Å²) in [5.74, 6) is -1.25. The highest BCUT2D eigenvalue weighted by Gasteiger charge is 2.38. The van der Waals surface area contributed by atoms with Crippen molar-refractivity contribution in [3.8, 4) is 0 Å². The zero-order chi connectivity index (χ0) is 22.0. The SMILES string of the molecule is CCN(Cc1cc(C(F)(F)F)ccc1C1(C)CC(CC(=O)O)=CC=C1Cl)C(C)=O. The second-order valence-electron chi connectivity index (χ2n) is 7.32. The summed E-state index contributed by atoms with van der Waals surface area (Å²) >= 11 is 6.46. The Hall–Kier alpha value is -2.28. The van der Waals surface area contributed by atoms with Crippen molar-refractivity contribution in [3.63, 3.8) is 0 Å². The molecule has 1 N–H and O–H groups in total. The van der Waals surface area contributed by atoms with Crippen LogP contribution in [0, 0.1) is 0 Å². The van der Waals surface area contributed by atoms with E-state index in [-0.39, 0.29) is 25.3 Å². The van der Waals surface area contributed by atoms with Gasteiger partial charge in [-0.1, -0.05) is 36.2 Å². The largest absolute Gasteiger partial charge is 0.481 e. The van der Waals surface area contributed by atoms with Crippen LogP contribution in [0.1, 0.15) is 50.3 Å². The van der Waals surface area contributed by atoms with Gasteiger partial charge in [0.2, 0.25) is 5.91 Å². The Labute approximate surface area is 172 Å². The van der Waals surface area contributed by atoms with Crippen LogP contribution in [0.4, 0.5) is 13.2 Å². The third-order valence-electron chi connectivity index (χ3n) is 5.17. The number of benzene rings is 1. The average Bonchev–Trinajstić information content (AvgIpc) is 2.61. The molecule has 1 aromatic carbocycles. The molecule has 8 heteroatoms. The molecule has 158 valence electrons. The summed E-state index contributed by atoms with van der Waals surface area (Å²) in [7, 11) is 0. The van der Waals surface area contributed by atoms with Crippen LogP contribution in [0.25, 0.3) is 0 Å². The third kappa shape index (κ3) is 5.21. The van der Waals surface area contributed by atoms with Crippen molar-refractivity contribution in [2.45, 2.75) is 51.7 Å². The summed E-state index contributed by atoms with van der Waals surface area (Å²) < 4.78 is 39.9. The molecule has 1 aliphatic carbocycles. The molecule has 2 rings (SSSR count). The summed E-state index contributed by atoms with van der Waals surface area (Å²) in [5, 5.41) is 9.50. The van der Waals surface area contributed by atoms with Crippen molar-refractivity contribution in [1.29, 1.82) is 0 Å². The zero-order valence-corrected chi connectivity index (χ0v) is 17.2. The molecule has 0 aromatic heterocycles. The van der Waals surface area contributed by atoms with Crippen LogP contribution >= 0.6 is 11.6 Å². The summed E-state index contributed by atoms with van der Waals surface area (Å²) in [5.41, 5.74) is -0.202. The maximum atomic E-state index is 13.3. The normalized spacial score (nSPS) is 19.4. The molecule has 4 nitrogen and oxygen atoms in total. The number of carbonyl (C=O) groups is 2. The van der Waals surface area contributed by atoms with Crippen LogP contribution in [-0.4, -0.2) is 28.4 Å². The number of carboxylic acids is 1. The predicted molar refractivity (Wildman–Crippen MR) is 104 cm³/mol. The molecule has 0 fully saturated rings. The van der Waals surface area contributed by atoms with E-state index in [1.54, 1.807) is 26.0 Å². The summed E-state index contributed by atoms with van der Waals surface area (Å²) in [6, 6.07) is 3.42. The number of halogens is 4. The Balaban J connectivity index is 2.58. The first-order valence-electron chi connectivity index (χ1n) is 9.12. The molecule has 0 saturated heterocycles. The van der Waals surface area contributed by atoms with Gasteiger partial charge in [0.05, 0.1) is 12.0 Å². The number of carboxylic acid groups (broad SMARTS) is 1. The van der Waals surface area contributed by atoms with Crippen molar-refractivity contribution in [2.75, 3.05) is 6.54 Å². The number of amides is 1. The van der Waals surface area contributed by atoms with Crippen LogP contribution in [0.2, 0.25) is 0 Å². The predicted octanol–water partition coefficient (Wildman–Crippen LogP) is 5.26. The highest BCUT2D eigenvalue weighted by molar-refractivity contribution is 6.31. The van der Waals surface area contributed by atoms with Crippen LogP contribution in [0.3, 0.4) is 0 Å². The summed E-state index contributed by atoms with van der Waals surface area (Å²) in [4.78, 5) is 24.4. The smallest absolute Gasteiger partial charge is 0.416 e. The number of hydrogen-bond donors (Lipinski definition) is 1. The van der Waals surface area contributed by atoms with Crippen molar-refractivity contribution in [3.05, 3.63) is 57.6 Å². The molecule has 0 bridgehead atoms. The minimum absolute atomic E-state index is 0.00280. The minimum atomic E-state index is -4.53. The van der Waals surface area contributed by atoms with E-state index in [4.69, 9.17) is 16.7 Å². The number of aliphatic carboxylic acids is 1. The Bertz CT molecular complexity index is 876. The Morgan fingerprint density at radius 2 is 1.93 bits per heavy atom. The summed E-state index contributed by atoms with van der Waals surface area (Å²) in [6.45, 7) is 5.23. The molecule has 0 heterocycles. The highest BCUT2D eigenvalue weighted by Crippen LogP contribution is 2.45. The van der Waals surface area contributed by atoms with Gasteiger partial charge in [-0.25, -0.2) is 0 Å². The van der Waals surface area contributed by atoms with Gasteiger partial charge in [-0.05, 0) is 42.7 Å². The fraction of sp³-hybridized carbons (Fsp3) is 0.429. The van der Waals surface area contributed by atoms with Crippen molar-refractivity contribution in [2.24, 2.45) is 0 Å². The molecular weight excluding hydrogens is 407 g/mol. The number of alkyl halides is 3. The molecule has 0 spiro atoms. The van der Waals surface area contributed by atoms with Gasteiger partial charge >= 0.3 is 12.1 Å². The lowest BCUT2D eigenvalue weighted by Gasteiger charge is -2.36. The average molecular weight is 430 g/mol. The van der Waals surface area contributed by atoms with E-state index in [1.807, 2.05) is 0 Å². The summed E-state index contributed by atoms with van der Waals surface area (Å²) in [6.07, 6.45) is -1.22. The molecule has 1 aliphatic rings. The van der Waals surface area contributed by atoms with Gasteiger partial charge in [0.15, 0.2) is 0 Å². The Morgan fingerprint density at radius 3 is 2.45 bits per heavy atom. The van der Waals surface area contributed by atoms with Crippen LogP contribution < -0.4 is 0 Å². The minimum Gasteiger partial charge on any atom is -0.481 e. The van der Waals surface area contributed by atoms with Crippen LogP contribution in [0.5, 0.6) is 0 Å². The van der Waals surface area contributed by atoms with Crippen molar-refractivity contribution in [1.82, 2.24) is 4.90 Å². The lowest BCUT2D eigenvalue weighted by molar-refractivity contribution is -0.138. The van der Waals surface area contributed by atoms with Crippen LogP contribution in [0.15, 0.2) is 41.0 Å². The van der Waals surface area contributed by atoms with E-state index in [2.05, 4.69) is 0 Å². The number of carbonyl (C=O) groups excluding carboxylic acids is 1. The van der Waals surface area contributed by atoms with E-state index in [1.165, 1.54) is 17.9 Å². The van der Waals surface area contributed by atoms with E-state index < -0.39 is 23.1 Å². The number of allylic oxidation sites excluding steroid dienone is 3. The molecule has 1 atom stereocenters. The first-order chi connectivity index (χ1) is 13.4. The van der Waals surface area contributed by atoms with Gasteiger partial charge in [-0.15, -0.1) is 0 Å². The first-order valence-corrected chi connectivity index (χ1v) is 9.50. The highest BCUT2D eigenvalue weighted by atomic mass is 35.5. The lowest BCUT2D eigenvalue weighted by atomic mass is 9.72. The Kier molecular flexibility index (Phi) is 6.83. The van der Waals surface area contributed by atoms with Crippen molar-refractivity contribution >= 4 is 23.5 Å². The standard InChI is InChI=1S/C21H23ClF3NO3/c1-4-26(13(2)27)12-15-10-16(21(23,24)25)6-7-17(15)20(3)11-14(9-19(28)29)5-8-18(20)22/h5-8,10H,4,9,11-12H2,1-3H3,(H,28,29). The quantitative estimate of drug-likeness (QED) is 0.671. The molecular formula is C21H23ClF3NO3. The fourth-order valence-corrected chi connectivity index (χ4v) is 3.83. The number of nitrogens with zero attached hydrogens (tertiary/aromatic N) is 1. The molecule has 0 radical (unpaired) electrons. The van der Waals surface area contributed by atoms with Gasteiger partial charge in [0, 0.05) is 30.5 Å². The van der Waals surface area contributed by atoms with E-state index in [9.17, 15) is 22.8 Å². The number of hydrogen-bond acceptors (Lipinski definition) is 2. The molecule has 1 amide bonds. The van der Waals surface area contributed by atoms with Gasteiger partial charge in [-0.3, -0.25) is 9.59 Å². The van der Waals surface area contributed by atoms with Gasteiger partial charge in [-0.2, -0.15) is 13.2 Å². The first kappa shape index (κ1) is 23.0. The molecule has 1 aromatic rings. The van der Waals surface area contributed by atoms with Gasteiger partial charge in [0.25, 0.3) is 0 Å². The lowest BCUT2D eigenvalue weighted by Crippen LogP contribution is -2.32. The molecule has 0 saturated carbocycles. The van der Waals surface area contributed by atoms with Crippen molar-refractivity contribution < 1.29 is 27.9 Å². The molecule has 0 aliphatic heterocycles. The van der Waals surface area contributed by atoms with Gasteiger partial charge < -0.3 is 10.0 Å². The second kappa shape index (κ2) is 8.61. The Morgan fingerprint density at radius 1 is 1.28 bits per heavy atom. The molecule has 29 heavy (non-hydrogen) atoms. The third-order valence-corrected chi connectivity index (χ3v) is 5.71. The second-order valence-corrected chi connectivity index (χ2v) is 7.73. The fourth-order valence-electron chi connectivity index (χ4n) is 3.60. The molecule has 1 unspecified atom stereocenters. The van der Waals surface area contributed by atoms with Crippen LogP contribution in [-0.2, 0) is 27.7 Å². The maximum absolute atomic E-state index is 13.3. The van der Waals surface area contributed by atoms with Gasteiger partial charge in [0.1, 0.15) is 0 Å². The topological polar surface area (TPSA) is 57.6 Å². The monoisotopic (exact) mass is 429 g/mol. The number of rotatable bonds is 6. The zero-order valence-electron chi connectivity index (χ0n) is 16.4. The van der Waals surface area contributed by atoms with E-state index in [0.717, 1.165) is 12.1 Å². The maximum Gasteiger partial charge on any atom is 0.416 e. The van der Waals surface area contributed by atoms with E-state index >= 15 is 0 Å².